The number of pyridine rings is 2. The number of fused-ring (bicyclic) bond motifs is 2. The van der Waals surface area contributed by atoms with Gasteiger partial charge in [-0.3, -0.25) is 14.2 Å². The first kappa shape index (κ1) is 23.1. The Bertz CT molecular complexity index is 1390. The summed E-state index contributed by atoms with van der Waals surface area (Å²) in [5.74, 6) is -0.329. The number of anilines is 1. The van der Waals surface area contributed by atoms with Crippen LogP contribution in [0, 0.1) is 0 Å². The molecule has 36 heavy (non-hydrogen) atoms. The third kappa shape index (κ3) is 3.86. The van der Waals surface area contributed by atoms with Crippen LogP contribution in [0.3, 0.4) is 0 Å². The molecule has 3 aliphatic heterocycles. The van der Waals surface area contributed by atoms with Gasteiger partial charge < -0.3 is 23.9 Å². The smallest absolute Gasteiger partial charge is 0.321 e. The molecule has 6 heterocycles. The molecule has 1 saturated carbocycles. The molecule has 7 rings (SSSR count). The van der Waals surface area contributed by atoms with Gasteiger partial charge in [0.1, 0.15) is 23.2 Å². The van der Waals surface area contributed by atoms with Gasteiger partial charge in [-0.2, -0.15) is 8.78 Å². The van der Waals surface area contributed by atoms with Gasteiger partial charge in [0.05, 0.1) is 36.7 Å². The molecule has 1 N–H and O–H groups in total. The molecule has 3 saturated heterocycles. The summed E-state index contributed by atoms with van der Waals surface area (Å²) < 4.78 is 45.9. The summed E-state index contributed by atoms with van der Waals surface area (Å²) in [7, 11) is 0. The lowest BCUT2D eigenvalue weighted by Gasteiger charge is -2.41. The number of imidazole rings is 1. The number of ether oxygens (including phenoxy) is 3. The Balaban J connectivity index is 1.36. The Morgan fingerprint density at radius 3 is 2.75 bits per heavy atom. The first-order chi connectivity index (χ1) is 17.3. The van der Waals surface area contributed by atoms with Gasteiger partial charge in [-0.25, -0.2) is 4.98 Å². The van der Waals surface area contributed by atoms with Crippen LogP contribution in [-0.4, -0.2) is 51.4 Å². The first-order valence-corrected chi connectivity index (χ1v) is 12.0. The summed E-state index contributed by atoms with van der Waals surface area (Å²) in [4.78, 5) is 30.6. The molecule has 2 bridgehead atoms. The molecule has 3 aromatic rings. The molecule has 0 radical (unpaired) electrons. The lowest BCUT2D eigenvalue weighted by molar-refractivity contribution is 0.0154. The molecule has 11 heteroatoms. The van der Waals surface area contributed by atoms with E-state index in [9.17, 15) is 18.4 Å². The second-order valence-corrected chi connectivity index (χ2v) is 10.1. The number of amides is 1. The number of halogens is 2. The third-order valence-electron chi connectivity index (χ3n) is 7.36. The maximum atomic E-state index is 13.3. The molecule has 0 aromatic carbocycles. The lowest BCUT2D eigenvalue weighted by Crippen LogP contribution is -2.45. The fraction of sp³-hybridized carbons (Fsp3) is 0.480. The number of aromatic nitrogens is 3. The SMILES string of the molecule is CC12CC(c3cn4cc(C(=O)Nc5cccn(C(F)F)c5=O)c(OC5CCOCC5)cc4n3)(CO1)C2. The normalized spacial score (nSPS) is 25.8. The average molecular weight is 501 g/mol. The van der Waals surface area contributed by atoms with Crippen LogP contribution in [0.25, 0.3) is 5.65 Å². The summed E-state index contributed by atoms with van der Waals surface area (Å²) in [6.07, 6.45) is 7.45. The molecule has 190 valence electrons. The van der Waals surface area contributed by atoms with Crippen LogP contribution >= 0.6 is 0 Å². The molecule has 3 aromatic heterocycles. The van der Waals surface area contributed by atoms with Crippen LogP contribution in [0.1, 0.15) is 55.2 Å². The third-order valence-corrected chi connectivity index (χ3v) is 7.36. The Labute approximate surface area is 205 Å². The van der Waals surface area contributed by atoms with Gasteiger partial charge in [0.15, 0.2) is 0 Å². The maximum absolute atomic E-state index is 13.3. The zero-order valence-corrected chi connectivity index (χ0v) is 19.7. The highest BCUT2D eigenvalue weighted by Gasteiger charge is 2.61. The minimum absolute atomic E-state index is 0.0982. The van der Waals surface area contributed by atoms with Crippen LogP contribution in [0.2, 0.25) is 0 Å². The summed E-state index contributed by atoms with van der Waals surface area (Å²) in [6, 6.07) is 4.28. The number of nitrogens with one attached hydrogen (secondary N) is 1. The van der Waals surface area contributed by atoms with Crippen LogP contribution in [0.4, 0.5) is 14.5 Å². The second-order valence-electron chi connectivity index (χ2n) is 10.1. The van der Waals surface area contributed by atoms with Crippen molar-refractivity contribution in [1.29, 1.82) is 0 Å². The summed E-state index contributed by atoms with van der Waals surface area (Å²) in [5.41, 5.74) is 0.222. The lowest BCUT2D eigenvalue weighted by atomic mass is 9.62. The number of carbonyl (C=O) groups excluding carboxylic acids is 1. The van der Waals surface area contributed by atoms with Crippen LogP contribution < -0.4 is 15.6 Å². The van der Waals surface area contributed by atoms with Crippen molar-refractivity contribution in [3.63, 3.8) is 0 Å². The van der Waals surface area contributed by atoms with Crippen molar-refractivity contribution in [2.24, 2.45) is 0 Å². The zero-order chi connectivity index (χ0) is 25.1. The molecular weight excluding hydrogens is 474 g/mol. The van der Waals surface area contributed by atoms with Crippen molar-refractivity contribution in [3.05, 3.63) is 58.4 Å². The summed E-state index contributed by atoms with van der Waals surface area (Å²) in [5, 5.41) is 2.48. The summed E-state index contributed by atoms with van der Waals surface area (Å²) >= 11 is 0. The van der Waals surface area contributed by atoms with Crippen LogP contribution in [-0.2, 0) is 14.9 Å². The van der Waals surface area contributed by atoms with E-state index in [-0.39, 0.29) is 32.9 Å². The second kappa shape index (κ2) is 8.38. The van der Waals surface area contributed by atoms with Crippen molar-refractivity contribution in [1.82, 2.24) is 14.0 Å². The Kier molecular flexibility index (Phi) is 5.38. The van der Waals surface area contributed by atoms with E-state index < -0.39 is 18.0 Å². The van der Waals surface area contributed by atoms with E-state index in [1.807, 2.05) is 6.20 Å². The molecule has 4 aliphatic rings. The highest BCUT2D eigenvalue weighted by atomic mass is 19.3. The number of nitrogens with zero attached hydrogens (tertiary/aromatic N) is 3. The fourth-order valence-electron chi connectivity index (χ4n) is 5.61. The summed E-state index contributed by atoms with van der Waals surface area (Å²) in [6.45, 7) is 0.800. The molecular formula is C25H26F2N4O5. The van der Waals surface area contributed by atoms with Crippen molar-refractivity contribution >= 4 is 17.2 Å². The molecule has 1 amide bonds. The van der Waals surface area contributed by atoms with E-state index in [0.717, 1.165) is 24.7 Å². The van der Waals surface area contributed by atoms with Gasteiger partial charge in [-0.15, -0.1) is 0 Å². The van der Waals surface area contributed by atoms with Gasteiger partial charge in [0.25, 0.3) is 11.5 Å². The van der Waals surface area contributed by atoms with Crippen molar-refractivity contribution < 1.29 is 27.8 Å². The monoisotopic (exact) mass is 500 g/mol. The van der Waals surface area contributed by atoms with Crippen molar-refractivity contribution in [2.75, 3.05) is 25.1 Å². The Morgan fingerprint density at radius 1 is 1.28 bits per heavy atom. The molecule has 4 fully saturated rings. The Hall–Kier alpha value is -3.31. The molecule has 0 atom stereocenters. The number of hydrogen-bond donors (Lipinski definition) is 1. The topological polar surface area (TPSA) is 96.1 Å². The number of rotatable bonds is 6. The molecule has 0 unspecified atom stereocenters. The first-order valence-electron chi connectivity index (χ1n) is 12.0. The molecule has 9 nitrogen and oxygen atoms in total. The highest BCUT2D eigenvalue weighted by molar-refractivity contribution is 6.06. The predicted molar refractivity (Wildman–Crippen MR) is 125 cm³/mol. The minimum Gasteiger partial charge on any atom is -0.489 e. The fourth-order valence-corrected chi connectivity index (χ4v) is 5.61. The standard InChI is InChI=1S/C25H26F2N4O5/c1-24-12-25(13-24,14-35-24)19-11-30-10-16(18(9-20(30)29-19)36-15-4-7-34-8-5-15)21(32)28-17-3-2-6-31(22(17)33)23(26)27/h2-3,6,9-11,15,23H,4-5,7-8,12-14H2,1H3,(H,28,32). The Morgan fingerprint density at radius 2 is 2.06 bits per heavy atom. The maximum Gasteiger partial charge on any atom is 0.321 e. The van der Waals surface area contributed by atoms with Crippen molar-refractivity contribution in [2.45, 2.75) is 56.3 Å². The van der Waals surface area contributed by atoms with Crippen LogP contribution in [0.15, 0.2) is 41.6 Å². The van der Waals surface area contributed by atoms with Crippen molar-refractivity contribution in [3.8, 4) is 5.75 Å². The predicted octanol–water partition coefficient (Wildman–Crippen LogP) is 3.52. The number of carbonyl (C=O) groups is 1. The van der Waals surface area contributed by atoms with Gasteiger partial charge >= 0.3 is 6.55 Å². The van der Waals surface area contributed by atoms with Gasteiger partial charge in [-0.1, -0.05) is 0 Å². The average Bonchev–Trinajstić information content (AvgIpc) is 3.51. The van der Waals surface area contributed by atoms with E-state index in [1.165, 1.54) is 12.1 Å². The van der Waals surface area contributed by atoms with E-state index in [0.29, 0.717) is 44.1 Å². The number of alkyl halides is 2. The largest absolute Gasteiger partial charge is 0.489 e. The minimum atomic E-state index is -3.02. The van der Waals surface area contributed by atoms with Gasteiger partial charge in [-0.05, 0) is 31.9 Å². The van der Waals surface area contributed by atoms with Gasteiger partial charge in [0.2, 0.25) is 0 Å². The van der Waals surface area contributed by atoms with E-state index in [2.05, 4.69) is 12.2 Å². The van der Waals surface area contributed by atoms with Crippen LogP contribution in [0.5, 0.6) is 5.75 Å². The highest BCUT2D eigenvalue weighted by Crippen LogP contribution is 2.58. The molecule has 0 spiro atoms. The quantitative estimate of drug-likeness (QED) is 0.557. The van der Waals surface area contributed by atoms with E-state index >= 15 is 0 Å². The van der Waals surface area contributed by atoms with Gasteiger partial charge in [0, 0.05) is 42.9 Å². The zero-order valence-electron chi connectivity index (χ0n) is 19.7. The molecule has 1 aliphatic carbocycles. The number of hydrogen-bond acceptors (Lipinski definition) is 6. The van der Waals surface area contributed by atoms with E-state index in [4.69, 9.17) is 19.2 Å². The van der Waals surface area contributed by atoms with E-state index in [1.54, 1.807) is 16.7 Å².